The number of halogens is 1. The van der Waals surface area contributed by atoms with Gasteiger partial charge in [0.2, 0.25) is 0 Å². The minimum Gasteiger partial charge on any atom is -0.508 e. The number of benzene rings is 2. The molecule has 0 aromatic heterocycles. The van der Waals surface area contributed by atoms with E-state index in [9.17, 15) is 19.4 Å². The highest BCUT2D eigenvalue weighted by atomic mass is 19.1. The zero-order valence-corrected chi connectivity index (χ0v) is 9.72. The lowest BCUT2D eigenvalue weighted by atomic mass is 10.1. The van der Waals surface area contributed by atoms with Crippen molar-refractivity contribution in [2.45, 2.75) is 0 Å². The monoisotopic (exact) mass is 262 g/mol. The van der Waals surface area contributed by atoms with Crippen LogP contribution in [0.5, 0.6) is 11.5 Å². The molecule has 0 aliphatic carbocycles. The highest BCUT2D eigenvalue weighted by Gasteiger charge is 2.12. The first-order valence-electron chi connectivity index (χ1n) is 5.35. The largest absolute Gasteiger partial charge is 0.508 e. The van der Waals surface area contributed by atoms with Gasteiger partial charge in [0.15, 0.2) is 0 Å². The van der Waals surface area contributed by atoms with Crippen molar-refractivity contribution in [1.29, 1.82) is 0 Å². The molecule has 2 aromatic rings. The zero-order valence-electron chi connectivity index (χ0n) is 9.72. The molecule has 6 heteroatoms. The van der Waals surface area contributed by atoms with Crippen LogP contribution < -0.4 is 11.1 Å². The molecule has 0 fully saturated rings. The molecule has 98 valence electrons. The van der Waals surface area contributed by atoms with Crippen molar-refractivity contribution in [3.63, 3.8) is 0 Å². The van der Waals surface area contributed by atoms with Crippen LogP contribution >= 0.6 is 0 Å². The Morgan fingerprint density at radius 2 is 1.89 bits per heavy atom. The fraction of sp³-hybridized carbons (Fsp3) is 0. The van der Waals surface area contributed by atoms with Crippen LogP contribution in [0.25, 0.3) is 0 Å². The number of nitrogens with two attached hydrogens (primary N) is 1. The van der Waals surface area contributed by atoms with Crippen LogP contribution in [0.15, 0.2) is 36.4 Å². The van der Waals surface area contributed by atoms with E-state index in [1.807, 2.05) is 0 Å². The summed E-state index contributed by atoms with van der Waals surface area (Å²) < 4.78 is 13.1. The van der Waals surface area contributed by atoms with Gasteiger partial charge in [0.25, 0.3) is 5.91 Å². The number of amides is 1. The number of hydrogen-bond acceptors (Lipinski definition) is 4. The van der Waals surface area contributed by atoms with E-state index in [1.54, 1.807) is 0 Å². The molecule has 0 heterocycles. The Hall–Kier alpha value is -2.76. The number of carbonyl (C=O) groups excluding carboxylic acids is 1. The lowest BCUT2D eigenvalue weighted by molar-refractivity contribution is 0.102. The molecule has 0 atom stereocenters. The highest BCUT2D eigenvalue weighted by Crippen LogP contribution is 2.24. The van der Waals surface area contributed by atoms with Gasteiger partial charge in [-0.2, -0.15) is 0 Å². The zero-order chi connectivity index (χ0) is 14.0. The maximum atomic E-state index is 13.1. The lowest BCUT2D eigenvalue weighted by Gasteiger charge is -2.08. The van der Waals surface area contributed by atoms with E-state index < -0.39 is 11.7 Å². The Balaban J connectivity index is 2.28. The van der Waals surface area contributed by atoms with Crippen molar-refractivity contribution < 1.29 is 19.4 Å². The average molecular weight is 262 g/mol. The number of aromatic hydroxyl groups is 2. The molecule has 0 unspecified atom stereocenters. The third-order valence-electron chi connectivity index (χ3n) is 2.40. The van der Waals surface area contributed by atoms with Gasteiger partial charge in [-0.3, -0.25) is 4.79 Å². The van der Waals surface area contributed by atoms with Crippen LogP contribution in [-0.2, 0) is 0 Å². The standard InChI is InChI=1S/C13H11FN2O3/c14-7-3-8(15)5-9(4-7)16-13(19)11-6-10(17)1-2-12(11)18/h1-6,17-18H,15H2,(H,16,19). The number of phenols is 2. The predicted molar refractivity (Wildman–Crippen MR) is 68.5 cm³/mol. The second-order valence-electron chi connectivity index (χ2n) is 3.93. The molecule has 0 bridgehead atoms. The molecule has 0 spiro atoms. The second-order valence-corrected chi connectivity index (χ2v) is 3.93. The van der Waals surface area contributed by atoms with E-state index >= 15 is 0 Å². The van der Waals surface area contributed by atoms with Gasteiger partial charge in [0.05, 0.1) is 5.56 Å². The van der Waals surface area contributed by atoms with Gasteiger partial charge in [0, 0.05) is 11.4 Å². The van der Waals surface area contributed by atoms with Gasteiger partial charge in [-0.1, -0.05) is 0 Å². The molecule has 5 N–H and O–H groups in total. The van der Waals surface area contributed by atoms with E-state index in [0.717, 1.165) is 18.2 Å². The van der Waals surface area contributed by atoms with Crippen molar-refractivity contribution in [2.24, 2.45) is 0 Å². The molecule has 0 aliphatic heterocycles. The molecule has 19 heavy (non-hydrogen) atoms. The summed E-state index contributed by atoms with van der Waals surface area (Å²) in [5.41, 5.74) is 5.64. The van der Waals surface area contributed by atoms with E-state index in [-0.39, 0.29) is 28.4 Å². The molecular weight excluding hydrogens is 251 g/mol. The summed E-state index contributed by atoms with van der Waals surface area (Å²) in [6.07, 6.45) is 0. The summed E-state index contributed by atoms with van der Waals surface area (Å²) in [7, 11) is 0. The summed E-state index contributed by atoms with van der Waals surface area (Å²) in [4.78, 5) is 11.9. The normalized spacial score (nSPS) is 10.2. The maximum Gasteiger partial charge on any atom is 0.259 e. The number of phenolic OH excluding ortho intramolecular Hbond substituents is 2. The van der Waals surface area contributed by atoms with Crippen LogP contribution in [0.4, 0.5) is 15.8 Å². The van der Waals surface area contributed by atoms with Crippen molar-refractivity contribution >= 4 is 17.3 Å². The van der Waals surface area contributed by atoms with Gasteiger partial charge in [-0.15, -0.1) is 0 Å². The number of carbonyl (C=O) groups is 1. The topological polar surface area (TPSA) is 95.6 Å². The summed E-state index contributed by atoms with van der Waals surface area (Å²) in [5.74, 6) is -1.73. The Morgan fingerprint density at radius 3 is 2.58 bits per heavy atom. The fourth-order valence-electron chi connectivity index (χ4n) is 1.59. The summed E-state index contributed by atoms with van der Waals surface area (Å²) in [6.45, 7) is 0. The number of hydrogen-bond donors (Lipinski definition) is 4. The number of nitrogen functional groups attached to an aromatic ring is 1. The minimum absolute atomic E-state index is 0.122. The first-order valence-corrected chi connectivity index (χ1v) is 5.35. The minimum atomic E-state index is -0.682. The molecule has 0 saturated carbocycles. The molecule has 2 rings (SSSR count). The fourth-order valence-corrected chi connectivity index (χ4v) is 1.59. The van der Waals surface area contributed by atoms with Crippen LogP contribution in [0.1, 0.15) is 10.4 Å². The Morgan fingerprint density at radius 1 is 1.16 bits per heavy atom. The molecule has 5 nitrogen and oxygen atoms in total. The van der Waals surface area contributed by atoms with Crippen molar-refractivity contribution in [3.05, 3.63) is 47.8 Å². The van der Waals surface area contributed by atoms with Gasteiger partial charge in [-0.25, -0.2) is 4.39 Å². The Kier molecular flexibility index (Phi) is 3.24. The SMILES string of the molecule is Nc1cc(F)cc(NC(=O)c2cc(O)ccc2O)c1. The summed E-state index contributed by atoms with van der Waals surface area (Å²) >= 11 is 0. The quantitative estimate of drug-likeness (QED) is 0.492. The maximum absolute atomic E-state index is 13.1. The third-order valence-corrected chi connectivity index (χ3v) is 2.40. The third kappa shape index (κ3) is 2.92. The smallest absolute Gasteiger partial charge is 0.259 e. The van der Waals surface area contributed by atoms with Gasteiger partial charge < -0.3 is 21.3 Å². The lowest BCUT2D eigenvalue weighted by Crippen LogP contribution is -2.12. The van der Waals surface area contributed by atoms with E-state index in [1.165, 1.54) is 18.2 Å². The van der Waals surface area contributed by atoms with Crippen LogP contribution in [-0.4, -0.2) is 16.1 Å². The Bertz CT molecular complexity index is 624. The van der Waals surface area contributed by atoms with Crippen molar-refractivity contribution in [2.75, 3.05) is 11.1 Å². The number of anilines is 2. The number of rotatable bonds is 2. The van der Waals surface area contributed by atoms with Crippen molar-refractivity contribution in [1.82, 2.24) is 0 Å². The van der Waals surface area contributed by atoms with E-state index in [4.69, 9.17) is 5.73 Å². The van der Waals surface area contributed by atoms with Gasteiger partial charge in [-0.05, 0) is 36.4 Å². The van der Waals surface area contributed by atoms with E-state index in [2.05, 4.69) is 5.32 Å². The van der Waals surface area contributed by atoms with Gasteiger partial charge in [0.1, 0.15) is 17.3 Å². The molecule has 1 amide bonds. The molecule has 0 saturated heterocycles. The molecule has 0 radical (unpaired) electrons. The number of nitrogens with one attached hydrogen (secondary N) is 1. The summed E-state index contributed by atoms with van der Waals surface area (Å²) in [6, 6.07) is 7.11. The van der Waals surface area contributed by atoms with Gasteiger partial charge >= 0.3 is 0 Å². The molecule has 0 aliphatic rings. The van der Waals surface area contributed by atoms with Crippen LogP contribution in [0, 0.1) is 5.82 Å². The first kappa shape index (κ1) is 12.7. The molecule has 2 aromatic carbocycles. The highest BCUT2D eigenvalue weighted by molar-refractivity contribution is 6.06. The second kappa shape index (κ2) is 4.85. The van der Waals surface area contributed by atoms with Crippen LogP contribution in [0.2, 0.25) is 0 Å². The van der Waals surface area contributed by atoms with Crippen LogP contribution in [0.3, 0.4) is 0 Å². The van der Waals surface area contributed by atoms with E-state index in [0.29, 0.717) is 0 Å². The summed E-state index contributed by atoms with van der Waals surface area (Å²) in [5, 5.41) is 21.2. The molecular formula is C13H11FN2O3. The first-order chi connectivity index (χ1) is 8.95. The van der Waals surface area contributed by atoms with Crippen molar-refractivity contribution in [3.8, 4) is 11.5 Å². The average Bonchev–Trinajstić information content (AvgIpc) is 2.30. The Labute approximate surface area is 108 Å². The predicted octanol–water partition coefficient (Wildman–Crippen LogP) is 2.07.